The number of carbonyl (C=O) groups is 1. The predicted molar refractivity (Wildman–Crippen MR) is 133 cm³/mol. The molecule has 0 radical (unpaired) electrons. The van der Waals surface area contributed by atoms with Gasteiger partial charge in [-0.1, -0.05) is 123 Å². The van der Waals surface area contributed by atoms with Crippen molar-refractivity contribution >= 4 is 5.97 Å². The van der Waals surface area contributed by atoms with Gasteiger partial charge in [0.25, 0.3) is 0 Å². The lowest BCUT2D eigenvalue weighted by Crippen LogP contribution is -2.13. The van der Waals surface area contributed by atoms with Gasteiger partial charge in [0.05, 0.1) is 5.92 Å². The minimum absolute atomic E-state index is 0.113. The summed E-state index contributed by atoms with van der Waals surface area (Å²) in [5.41, 5.74) is 0. The zero-order chi connectivity index (χ0) is 22.3. The van der Waals surface area contributed by atoms with Gasteiger partial charge in [0.15, 0.2) is 0 Å². The third kappa shape index (κ3) is 21.9. The standard InChI is InChI=1S/C28H54O2/c1-4-5-6-7-8-9-10-11-12-13-14-15-16-17-18-19-20-21-24-27(28(29)30)25-22-23-26(2)3/h11-12,26-27H,4-10,13-25H2,1-3H3,(H,29,30)/b12-11-. The average Bonchev–Trinajstić information content (AvgIpc) is 2.71. The Morgan fingerprint density at radius 1 is 0.633 bits per heavy atom. The topological polar surface area (TPSA) is 37.3 Å². The van der Waals surface area contributed by atoms with Crippen molar-refractivity contribution in [2.45, 2.75) is 149 Å². The van der Waals surface area contributed by atoms with Crippen LogP contribution in [0.2, 0.25) is 0 Å². The molecule has 0 aromatic heterocycles. The lowest BCUT2D eigenvalue weighted by Gasteiger charge is -2.13. The molecule has 0 spiro atoms. The predicted octanol–water partition coefficient (Wildman–Crippen LogP) is 9.72. The summed E-state index contributed by atoms with van der Waals surface area (Å²) in [7, 11) is 0. The van der Waals surface area contributed by atoms with Gasteiger partial charge >= 0.3 is 5.97 Å². The van der Waals surface area contributed by atoms with Crippen LogP contribution in [0.15, 0.2) is 12.2 Å². The molecule has 178 valence electrons. The van der Waals surface area contributed by atoms with Crippen LogP contribution >= 0.6 is 0 Å². The fourth-order valence-corrected chi connectivity index (χ4v) is 4.16. The highest BCUT2D eigenvalue weighted by Gasteiger charge is 2.16. The highest BCUT2D eigenvalue weighted by atomic mass is 16.4. The molecule has 0 amide bonds. The third-order valence-electron chi connectivity index (χ3n) is 6.25. The number of rotatable bonds is 23. The molecule has 30 heavy (non-hydrogen) atoms. The molecule has 0 aliphatic carbocycles. The largest absolute Gasteiger partial charge is 0.481 e. The Labute approximate surface area is 189 Å². The molecule has 0 bridgehead atoms. The summed E-state index contributed by atoms with van der Waals surface area (Å²) in [6, 6.07) is 0. The van der Waals surface area contributed by atoms with Crippen LogP contribution in [0.1, 0.15) is 149 Å². The molecular formula is C28H54O2. The van der Waals surface area contributed by atoms with Crippen LogP contribution in [0.3, 0.4) is 0 Å². The number of allylic oxidation sites excluding steroid dienone is 2. The number of carboxylic acid groups (broad SMARTS) is 1. The quantitative estimate of drug-likeness (QED) is 0.131. The normalized spacial score (nSPS) is 12.8. The van der Waals surface area contributed by atoms with Gasteiger partial charge in [0.1, 0.15) is 0 Å². The van der Waals surface area contributed by atoms with E-state index in [9.17, 15) is 9.90 Å². The second-order valence-electron chi connectivity index (χ2n) is 9.79. The highest BCUT2D eigenvalue weighted by molar-refractivity contribution is 5.69. The van der Waals surface area contributed by atoms with E-state index in [1.54, 1.807) is 0 Å². The van der Waals surface area contributed by atoms with Crippen LogP contribution in [0, 0.1) is 11.8 Å². The van der Waals surface area contributed by atoms with Gasteiger partial charge in [0.2, 0.25) is 0 Å². The summed E-state index contributed by atoms with van der Waals surface area (Å²) in [6.07, 6.45) is 29.9. The molecule has 0 saturated heterocycles. The SMILES string of the molecule is CCCCCCCC/C=C\CCCCCCCCCCC(CCCC(C)C)C(=O)O. The first-order valence-electron chi connectivity index (χ1n) is 13.5. The van der Waals surface area contributed by atoms with E-state index in [0.717, 1.165) is 32.1 Å². The smallest absolute Gasteiger partial charge is 0.306 e. The summed E-state index contributed by atoms with van der Waals surface area (Å²) >= 11 is 0. The first-order chi connectivity index (χ1) is 14.6. The first-order valence-corrected chi connectivity index (χ1v) is 13.5. The molecule has 0 heterocycles. The fourth-order valence-electron chi connectivity index (χ4n) is 4.16. The molecule has 0 aromatic rings. The van der Waals surface area contributed by atoms with E-state index >= 15 is 0 Å². The molecule has 0 rings (SSSR count). The molecule has 2 heteroatoms. The molecule has 1 N–H and O–H groups in total. The molecule has 1 atom stereocenters. The summed E-state index contributed by atoms with van der Waals surface area (Å²) in [6.45, 7) is 6.70. The second kappa shape index (κ2) is 22.9. The van der Waals surface area contributed by atoms with Crippen molar-refractivity contribution in [3.8, 4) is 0 Å². The summed E-state index contributed by atoms with van der Waals surface area (Å²) in [4.78, 5) is 11.4. The summed E-state index contributed by atoms with van der Waals surface area (Å²) in [5, 5.41) is 9.38. The van der Waals surface area contributed by atoms with E-state index in [1.165, 1.54) is 96.3 Å². The first kappa shape index (κ1) is 29.2. The number of unbranched alkanes of at least 4 members (excludes halogenated alkanes) is 14. The van der Waals surface area contributed by atoms with Gasteiger partial charge < -0.3 is 5.11 Å². The van der Waals surface area contributed by atoms with Crippen molar-refractivity contribution in [3.05, 3.63) is 12.2 Å². The maximum absolute atomic E-state index is 11.4. The van der Waals surface area contributed by atoms with E-state index in [4.69, 9.17) is 0 Å². The molecule has 2 nitrogen and oxygen atoms in total. The number of hydrogen-bond acceptors (Lipinski definition) is 1. The van der Waals surface area contributed by atoms with E-state index in [-0.39, 0.29) is 5.92 Å². The molecule has 0 aliphatic rings. The Hall–Kier alpha value is -0.790. The monoisotopic (exact) mass is 422 g/mol. The van der Waals surface area contributed by atoms with Gasteiger partial charge in [0, 0.05) is 0 Å². The lowest BCUT2D eigenvalue weighted by molar-refractivity contribution is -0.142. The molecule has 0 fully saturated rings. The average molecular weight is 423 g/mol. The van der Waals surface area contributed by atoms with Crippen molar-refractivity contribution in [1.82, 2.24) is 0 Å². The number of hydrogen-bond donors (Lipinski definition) is 1. The Morgan fingerprint density at radius 3 is 1.53 bits per heavy atom. The Morgan fingerprint density at radius 2 is 1.07 bits per heavy atom. The van der Waals surface area contributed by atoms with E-state index in [1.807, 2.05) is 0 Å². The summed E-state index contributed by atoms with van der Waals surface area (Å²) < 4.78 is 0. The molecule has 0 aromatic carbocycles. The van der Waals surface area contributed by atoms with Gasteiger partial charge in [-0.15, -0.1) is 0 Å². The van der Waals surface area contributed by atoms with Crippen LogP contribution in [0.4, 0.5) is 0 Å². The Kier molecular flexibility index (Phi) is 22.3. The minimum Gasteiger partial charge on any atom is -0.481 e. The molecule has 1 unspecified atom stereocenters. The number of aliphatic carboxylic acids is 1. The Balaban J connectivity index is 3.37. The molecular weight excluding hydrogens is 368 g/mol. The zero-order valence-corrected chi connectivity index (χ0v) is 20.8. The maximum atomic E-state index is 11.4. The van der Waals surface area contributed by atoms with Crippen LogP contribution < -0.4 is 0 Å². The van der Waals surface area contributed by atoms with Crippen LogP contribution in [0.25, 0.3) is 0 Å². The van der Waals surface area contributed by atoms with Crippen molar-refractivity contribution in [2.75, 3.05) is 0 Å². The lowest BCUT2D eigenvalue weighted by atomic mass is 9.93. The number of carboxylic acids is 1. The Bertz CT molecular complexity index is 386. The van der Waals surface area contributed by atoms with E-state index in [0.29, 0.717) is 5.92 Å². The maximum Gasteiger partial charge on any atom is 0.306 e. The van der Waals surface area contributed by atoms with Crippen LogP contribution in [0.5, 0.6) is 0 Å². The fraction of sp³-hybridized carbons (Fsp3) is 0.893. The van der Waals surface area contributed by atoms with Crippen molar-refractivity contribution < 1.29 is 9.90 Å². The van der Waals surface area contributed by atoms with Crippen molar-refractivity contribution in [1.29, 1.82) is 0 Å². The summed E-state index contributed by atoms with van der Waals surface area (Å²) in [5.74, 6) is -0.0155. The van der Waals surface area contributed by atoms with Gasteiger partial charge in [-0.3, -0.25) is 4.79 Å². The minimum atomic E-state index is -0.584. The van der Waals surface area contributed by atoms with Gasteiger partial charge in [-0.2, -0.15) is 0 Å². The second-order valence-corrected chi connectivity index (χ2v) is 9.79. The molecule has 0 saturated carbocycles. The van der Waals surface area contributed by atoms with Gasteiger partial charge in [-0.05, 0) is 44.4 Å². The van der Waals surface area contributed by atoms with Crippen LogP contribution in [-0.4, -0.2) is 11.1 Å². The van der Waals surface area contributed by atoms with Crippen LogP contribution in [-0.2, 0) is 4.79 Å². The highest BCUT2D eigenvalue weighted by Crippen LogP contribution is 2.20. The third-order valence-corrected chi connectivity index (χ3v) is 6.25. The van der Waals surface area contributed by atoms with E-state index < -0.39 is 5.97 Å². The van der Waals surface area contributed by atoms with Crippen molar-refractivity contribution in [3.63, 3.8) is 0 Å². The van der Waals surface area contributed by atoms with Crippen molar-refractivity contribution in [2.24, 2.45) is 11.8 Å². The van der Waals surface area contributed by atoms with Gasteiger partial charge in [-0.25, -0.2) is 0 Å². The van der Waals surface area contributed by atoms with E-state index in [2.05, 4.69) is 32.9 Å². The molecule has 0 aliphatic heterocycles. The zero-order valence-electron chi connectivity index (χ0n) is 20.8.